The maximum absolute atomic E-state index is 10.1. The van der Waals surface area contributed by atoms with Crippen molar-refractivity contribution in [3.8, 4) is 0 Å². The molecule has 1 aromatic heterocycles. The Labute approximate surface area is 58.3 Å². The second-order valence-electron chi connectivity index (χ2n) is 1.55. The van der Waals surface area contributed by atoms with Crippen LogP contribution in [0, 0.1) is 0 Å². The monoisotopic (exact) mass is 139 g/mol. The molecule has 0 aliphatic heterocycles. The Morgan fingerprint density at radius 1 is 1.67 bits per heavy atom. The normalized spacial score (nSPS) is 9.00. The summed E-state index contributed by atoms with van der Waals surface area (Å²) in [6, 6.07) is 1.67. The molecule has 0 unspecified atom stereocenters. The summed E-state index contributed by atoms with van der Waals surface area (Å²) >= 11 is 4.01. The zero-order valence-corrected chi connectivity index (χ0v) is 5.51. The van der Waals surface area contributed by atoms with Crippen molar-refractivity contribution in [1.82, 2.24) is 4.98 Å². The molecule has 46 valence electrons. The zero-order chi connectivity index (χ0) is 6.69. The number of rotatable bonds is 1. The molecule has 0 fully saturated rings. The summed E-state index contributed by atoms with van der Waals surface area (Å²) in [5.74, 6) is 0. The molecule has 0 aliphatic carbocycles. The molecule has 0 saturated heterocycles. The first-order valence-corrected chi connectivity index (χ1v) is 2.87. The lowest BCUT2D eigenvalue weighted by atomic mass is 10.3. The number of aromatic nitrogens is 1. The minimum atomic E-state index is 0.529. The van der Waals surface area contributed by atoms with E-state index in [1.165, 1.54) is 6.20 Å². The van der Waals surface area contributed by atoms with Crippen LogP contribution in [0.15, 0.2) is 23.4 Å². The largest absolute Gasteiger partial charge is 0.298 e. The van der Waals surface area contributed by atoms with E-state index in [4.69, 9.17) is 0 Å². The molecule has 0 spiro atoms. The van der Waals surface area contributed by atoms with Crippen LogP contribution in [0.4, 0.5) is 0 Å². The lowest BCUT2D eigenvalue weighted by molar-refractivity contribution is 0.112. The summed E-state index contributed by atoms with van der Waals surface area (Å²) in [5.41, 5.74) is 0.529. The number of aldehydes is 1. The first kappa shape index (κ1) is 6.29. The number of nitrogens with zero attached hydrogens (tertiary/aromatic N) is 1. The zero-order valence-electron chi connectivity index (χ0n) is 4.61. The van der Waals surface area contributed by atoms with Gasteiger partial charge in [0.05, 0.1) is 0 Å². The van der Waals surface area contributed by atoms with Gasteiger partial charge in [-0.3, -0.25) is 9.78 Å². The van der Waals surface area contributed by atoms with E-state index in [1.54, 1.807) is 12.3 Å². The van der Waals surface area contributed by atoms with Crippen LogP contribution < -0.4 is 0 Å². The van der Waals surface area contributed by atoms with Gasteiger partial charge >= 0.3 is 0 Å². The Bertz CT molecular complexity index is 224. The molecule has 0 bridgehead atoms. The van der Waals surface area contributed by atoms with Crippen molar-refractivity contribution in [3.63, 3.8) is 0 Å². The van der Waals surface area contributed by atoms with E-state index in [1.807, 2.05) is 0 Å². The van der Waals surface area contributed by atoms with Crippen LogP contribution in [0.3, 0.4) is 0 Å². The number of carbonyl (C=O) groups excluding carboxylic acids is 1. The minimum absolute atomic E-state index is 0.529. The fourth-order valence-corrected chi connectivity index (χ4v) is 0.667. The molecule has 0 radical (unpaired) electrons. The molecule has 0 atom stereocenters. The second kappa shape index (κ2) is 2.64. The van der Waals surface area contributed by atoms with Crippen LogP contribution in [-0.2, 0) is 0 Å². The van der Waals surface area contributed by atoms with Crippen molar-refractivity contribution in [2.24, 2.45) is 0 Å². The highest BCUT2D eigenvalue weighted by atomic mass is 32.1. The van der Waals surface area contributed by atoms with Gasteiger partial charge in [0.15, 0.2) is 6.29 Å². The third-order valence-electron chi connectivity index (χ3n) is 0.955. The van der Waals surface area contributed by atoms with Gasteiger partial charge in [-0.1, -0.05) is 0 Å². The van der Waals surface area contributed by atoms with Crippen molar-refractivity contribution >= 4 is 18.9 Å². The van der Waals surface area contributed by atoms with Gasteiger partial charge in [0.1, 0.15) is 0 Å². The molecule has 0 N–H and O–H groups in total. The number of thiol groups is 1. The average Bonchev–Trinajstić information content (AvgIpc) is 1.89. The van der Waals surface area contributed by atoms with E-state index in [-0.39, 0.29) is 0 Å². The van der Waals surface area contributed by atoms with Crippen molar-refractivity contribution in [1.29, 1.82) is 0 Å². The maximum Gasteiger partial charge on any atom is 0.152 e. The minimum Gasteiger partial charge on any atom is -0.298 e. The molecule has 3 heteroatoms. The topological polar surface area (TPSA) is 30.0 Å². The van der Waals surface area contributed by atoms with E-state index in [9.17, 15) is 4.79 Å². The molecule has 0 aromatic carbocycles. The standard InChI is InChI=1S/C6H5NOS/c8-4-5-3-7-2-1-6(5)9/h1-4H,(H,7,9). The van der Waals surface area contributed by atoms with Crippen LogP contribution in [0.5, 0.6) is 0 Å². The van der Waals surface area contributed by atoms with Crippen molar-refractivity contribution in [2.45, 2.75) is 4.90 Å². The first-order valence-electron chi connectivity index (χ1n) is 2.43. The summed E-state index contributed by atoms with van der Waals surface area (Å²) in [7, 11) is 0. The molecule has 0 saturated carbocycles. The van der Waals surface area contributed by atoms with Crippen molar-refractivity contribution in [2.75, 3.05) is 0 Å². The number of hydrogen-bond donors (Lipinski definition) is 1. The van der Waals surface area contributed by atoms with Crippen LogP contribution in [-0.4, -0.2) is 11.3 Å². The highest BCUT2D eigenvalue weighted by Gasteiger charge is 1.92. The maximum atomic E-state index is 10.1. The highest BCUT2D eigenvalue weighted by Crippen LogP contribution is 2.07. The fourth-order valence-electron chi connectivity index (χ4n) is 0.490. The Hall–Kier alpha value is -0.830. The van der Waals surface area contributed by atoms with Crippen molar-refractivity contribution < 1.29 is 4.79 Å². The SMILES string of the molecule is O=Cc1cnccc1S. The van der Waals surface area contributed by atoms with E-state index >= 15 is 0 Å². The van der Waals surface area contributed by atoms with E-state index in [0.29, 0.717) is 10.5 Å². The van der Waals surface area contributed by atoms with Crippen LogP contribution in [0.1, 0.15) is 10.4 Å². The number of carbonyl (C=O) groups is 1. The molecule has 9 heavy (non-hydrogen) atoms. The highest BCUT2D eigenvalue weighted by molar-refractivity contribution is 7.80. The summed E-state index contributed by atoms with van der Waals surface area (Å²) in [4.78, 5) is 14.5. The summed E-state index contributed by atoms with van der Waals surface area (Å²) in [6.07, 6.45) is 3.81. The lowest BCUT2D eigenvalue weighted by Gasteiger charge is -1.90. The van der Waals surface area contributed by atoms with Gasteiger partial charge in [0.25, 0.3) is 0 Å². The Kier molecular flexibility index (Phi) is 1.85. The molecule has 1 aromatic rings. The van der Waals surface area contributed by atoms with Gasteiger partial charge in [-0.25, -0.2) is 0 Å². The van der Waals surface area contributed by atoms with Crippen LogP contribution in [0.2, 0.25) is 0 Å². The van der Waals surface area contributed by atoms with Crippen LogP contribution in [0.25, 0.3) is 0 Å². The van der Waals surface area contributed by atoms with Gasteiger partial charge in [-0.15, -0.1) is 12.6 Å². The molecular weight excluding hydrogens is 134 g/mol. The predicted octanol–water partition coefficient (Wildman–Crippen LogP) is 1.18. The van der Waals surface area contributed by atoms with Crippen LogP contribution >= 0.6 is 12.6 Å². The molecular formula is C6H5NOS. The van der Waals surface area contributed by atoms with Gasteiger partial charge in [-0.05, 0) is 6.07 Å². The van der Waals surface area contributed by atoms with Gasteiger partial charge in [0, 0.05) is 22.9 Å². The quantitative estimate of drug-likeness (QED) is 0.467. The van der Waals surface area contributed by atoms with E-state index in [0.717, 1.165) is 6.29 Å². The molecule has 0 aliphatic rings. The van der Waals surface area contributed by atoms with Gasteiger partial charge < -0.3 is 0 Å². The Morgan fingerprint density at radius 3 is 2.89 bits per heavy atom. The summed E-state index contributed by atoms with van der Waals surface area (Å²) in [6.45, 7) is 0. The Balaban J connectivity index is 3.15. The summed E-state index contributed by atoms with van der Waals surface area (Å²) in [5, 5.41) is 0. The van der Waals surface area contributed by atoms with Crippen molar-refractivity contribution in [3.05, 3.63) is 24.0 Å². The molecule has 2 nitrogen and oxygen atoms in total. The van der Waals surface area contributed by atoms with E-state index < -0.39 is 0 Å². The second-order valence-corrected chi connectivity index (χ2v) is 2.03. The smallest absolute Gasteiger partial charge is 0.152 e. The number of hydrogen-bond acceptors (Lipinski definition) is 3. The van der Waals surface area contributed by atoms with E-state index in [2.05, 4.69) is 17.6 Å². The first-order chi connectivity index (χ1) is 4.34. The lowest BCUT2D eigenvalue weighted by Crippen LogP contribution is -1.82. The molecule has 1 heterocycles. The predicted molar refractivity (Wildman–Crippen MR) is 36.9 cm³/mol. The Morgan fingerprint density at radius 2 is 2.44 bits per heavy atom. The third kappa shape index (κ3) is 1.29. The third-order valence-corrected chi connectivity index (χ3v) is 1.36. The van der Waals surface area contributed by atoms with Gasteiger partial charge in [0.2, 0.25) is 0 Å². The van der Waals surface area contributed by atoms with Gasteiger partial charge in [-0.2, -0.15) is 0 Å². The number of pyridine rings is 1. The average molecular weight is 139 g/mol. The summed E-state index contributed by atoms with van der Waals surface area (Å²) < 4.78 is 0. The molecule has 1 rings (SSSR count). The fraction of sp³-hybridized carbons (Fsp3) is 0. The molecule has 0 amide bonds.